The van der Waals surface area contributed by atoms with Crippen LogP contribution in [-0.2, 0) is 0 Å². The van der Waals surface area contributed by atoms with E-state index in [4.69, 9.17) is 15.2 Å². The summed E-state index contributed by atoms with van der Waals surface area (Å²) in [5.74, 6) is 0.484. The van der Waals surface area contributed by atoms with E-state index in [-0.39, 0.29) is 18.3 Å². The Labute approximate surface area is 112 Å². The molecule has 0 saturated carbocycles. The van der Waals surface area contributed by atoms with Gasteiger partial charge in [0.15, 0.2) is 11.5 Å². The van der Waals surface area contributed by atoms with Crippen molar-refractivity contribution in [2.24, 2.45) is 5.10 Å². The molecule has 3 N–H and O–H groups in total. The number of fused-ring (bicyclic) bond motifs is 1. The van der Waals surface area contributed by atoms with Gasteiger partial charge in [0.05, 0.1) is 6.21 Å². The van der Waals surface area contributed by atoms with Gasteiger partial charge in [0, 0.05) is 5.56 Å². The quantitative estimate of drug-likeness (QED) is 0.603. The highest BCUT2D eigenvalue weighted by Gasteiger charge is 2.17. The molecule has 2 aromatic rings. The van der Waals surface area contributed by atoms with Gasteiger partial charge in [0.2, 0.25) is 18.3 Å². The summed E-state index contributed by atoms with van der Waals surface area (Å²) in [6.45, 7) is 0.160. The van der Waals surface area contributed by atoms with E-state index in [0.717, 1.165) is 0 Å². The third-order valence-electron chi connectivity index (χ3n) is 2.53. The van der Waals surface area contributed by atoms with Gasteiger partial charge in [0.25, 0.3) is 5.91 Å². The lowest BCUT2D eigenvalue weighted by molar-refractivity contribution is 0.0946. The largest absolute Gasteiger partial charge is 0.454 e. The van der Waals surface area contributed by atoms with Gasteiger partial charge >= 0.3 is 0 Å². The molecular weight excluding hydrogens is 266 g/mol. The Bertz CT molecular complexity index is 681. The molecule has 1 aliphatic rings. The van der Waals surface area contributed by atoms with Crippen molar-refractivity contribution >= 4 is 17.9 Å². The lowest BCUT2D eigenvalue weighted by atomic mass is 10.2. The summed E-state index contributed by atoms with van der Waals surface area (Å²) in [7, 11) is 0. The number of nitrogens with two attached hydrogens (primary N) is 1. The zero-order valence-electron chi connectivity index (χ0n) is 10.1. The zero-order valence-corrected chi connectivity index (χ0v) is 10.1. The number of nitrogens with zero attached hydrogens (tertiary/aromatic N) is 3. The minimum Gasteiger partial charge on any atom is -0.454 e. The lowest BCUT2D eigenvalue weighted by Gasteiger charge is -2.00. The molecule has 20 heavy (non-hydrogen) atoms. The van der Waals surface area contributed by atoms with Crippen LogP contribution in [-0.4, -0.2) is 29.2 Å². The summed E-state index contributed by atoms with van der Waals surface area (Å²) in [5.41, 5.74) is 8.19. The molecule has 3 rings (SSSR count). The number of carbonyl (C=O) groups is 1. The fourth-order valence-corrected chi connectivity index (χ4v) is 1.62. The van der Waals surface area contributed by atoms with Crippen LogP contribution in [0.25, 0.3) is 0 Å². The van der Waals surface area contributed by atoms with E-state index in [1.807, 2.05) is 0 Å². The average molecular weight is 275 g/mol. The van der Waals surface area contributed by atoms with Crippen molar-refractivity contribution in [1.29, 1.82) is 0 Å². The van der Waals surface area contributed by atoms with E-state index in [0.29, 0.717) is 17.1 Å². The van der Waals surface area contributed by atoms with E-state index < -0.39 is 5.91 Å². The highest BCUT2D eigenvalue weighted by Crippen LogP contribution is 2.34. The topological polar surface area (TPSA) is 125 Å². The number of benzene rings is 1. The maximum atomic E-state index is 11.6. The number of aromatic nitrogens is 2. The first-order valence-electron chi connectivity index (χ1n) is 5.56. The number of ether oxygens (including phenoxy) is 2. The smallest absolute Gasteiger partial charge is 0.297 e. The molecule has 0 unspecified atom stereocenters. The molecule has 0 fully saturated rings. The van der Waals surface area contributed by atoms with Crippen molar-refractivity contribution in [3.63, 3.8) is 0 Å². The van der Waals surface area contributed by atoms with Gasteiger partial charge in [-0.3, -0.25) is 4.79 Å². The molecule has 0 bridgehead atoms. The maximum absolute atomic E-state index is 11.6. The molecule has 1 aromatic carbocycles. The molecule has 2 heterocycles. The highest BCUT2D eigenvalue weighted by molar-refractivity contribution is 5.96. The number of hydrazone groups is 1. The van der Waals surface area contributed by atoms with Crippen molar-refractivity contribution in [3.8, 4) is 11.5 Å². The SMILES string of the molecule is Nc1nonc1C(=O)N/N=C\c1cccc2c1OCO2. The summed E-state index contributed by atoms with van der Waals surface area (Å²) in [5, 5.41) is 10.4. The van der Waals surface area contributed by atoms with Crippen molar-refractivity contribution in [1.82, 2.24) is 15.7 Å². The molecule has 1 aromatic heterocycles. The van der Waals surface area contributed by atoms with Gasteiger partial charge in [-0.15, -0.1) is 0 Å². The standard InChI is InChI=1S/C11H9N5O4/c12-10-8(15-20-16-10)11(17)14-13-4-6-2-1-3-7-9(6)19-5-18-7/h1-4H,5H2,(H2,12,16)(H,14,17)/b13-4-. The van der Waals surface area contributed by atoms with Crippen LogP contribution >= 0.6 is 0 Å². The van der Waals surface area contributed by atoms with E-state index in [2.05, 4.69) is 25.5 Å². The van der Waals surface area contributed by atoms with Crippen LogP contribution in [0.15, 0.2) is 27.9 Å². The Hall–Kier alpha value is -3.10. The van der Waals surface area contributed by atoms with Crippen molar-refractivity contribution < 1.29 is 18.9 Å². The molecule has 9 heteroatoms. The van der Waals surface area contributed by atoms with Crippen molar-refractivity contribution in [2.75, 3.05) is 12.5 Å². The highest BCUT2D eigenvalue weighted by atomic mass is 16.7. The van der Waals surface area contributed by atoms with Gasteiger partial charge in [-0.2, -0.15) is 5.10 Å². The Kier molecular flexibility index (Phi) is 2.92. The average Bonchev–Trinajstić information content (AvgIpc) is 3.07. The molecule has 0 atom stereocenters. The van der Waals surface area contributed by atoms with E-state index in [9.17, 15) is 4.79 Å². The van der Waals surface area contributed by atoms with E-state index >= 15 is 0 Å². The van der Waals surface area contributed by atoms with E-state index in [1.165, 1.54) is 6.21 Å². The van der Waals surface area contributed by atoms with Crippen LogP contribution in [0.3, 0.4) is 0 Å². The number of amides is 1. The first kappa shape index (κ1) is 12.0. The summed E-state index contributed by atoms with van der Waals surface area (Å²) in [6.07, 6.45) is 1.43. The second-order valence-electron chi connectivity index (χ2n) is 3.78. The molecule has 0 spiro atoms. The van der Waals surface area contributed by atoms with Gasteiger partial charge < -0.3 is 15.2 Å². The monoisotopic (exact) mass is 275 g/mol. The lowest BCUT2D eigenvalue weighted by Crippen LogP contribution is -2.19. The molecule has 102 valence electrons. The zero-order chi connectivity index (χ0) is 13.9. The number of hydrogen-bond donors (Lipinski definition) is 2. The minimum atomic E-state index is -0.621. The Morgan fingerprint density at radius 3 is 3.10 bits per heavy atom. The number of carbonyl (C=O) groups excluding carboxylic acids is 1. The predicted octanol–water partition coefficient (Wildman–Crippen LogP) is 0.144. The van der Waals surface area contributed by atoms with Crippen LogP contribution in [0.5, 0.6) is 11.5 Å². The van der Waals surface area contributed by atoms with Gasteiger partial charge in [-0.05, 0) is 22.4 Å². The fraction of sp³-hybridized carbons (Fsp3) is 0.0909. The molecule has 1 aliphatic heterocycles. The van der Waals surface area contributed by atoms with Gasteiger partial charge in [-0.1, -0.05) is 6.07 Å². The molecular formula is C11H9N5O4. The number of hydrogen-bond acceptors (Lipinski definition) is 8. The minimum absolute atomic E-state index is 0.102. The van der Waals surface area contributed by atoms with E-state index in [1.54, 1.807) is 18.2 Å². The Morgan fingerprint density at radius 2 is 2.30 bits per heavy atom. The Morgan fingerprint density at radius 1 is 1.40 bits per heavy atom. The van der Waals surface area contributed by atoms with Gasteiger partial charge in [-0.25, -0.2) is 10.1 Å². The first-order valence-corrected chi connectivity index (χ1v) is 5.56. The van der Waals surface area contributed by atoms with Crippen LogP contribution < -0.4 is 20.6 Å². The number of rotatable bonds is 3. The summed E-state index contributed by atoms with van der Waals surface area (Å²) in [6, 6.07) is 5.34. The summed E-state index contributed by atoms with van der Waals surface area (Å²) >= 11 is 0. The van der Waals surface area contributed by atoms with Crippen LogP contribution in [0.1, 0.15) is 16.1 Å². The number of nitrogens with one attached hydrogen (secondary N) is 1. The van der Waals surface area contributed by atoms with Crippen molar-refractivity contribution in [3.05, 3.63) is 29.5 Å². The molecule has 0 aliphatic carbocycles. The third kappa shape index (κ3) is 2.11. The van der Waals surface area contributed by atoms with Crippen molar-refractivity contribution in [2.45, 2.75) is 0 Å². The van der Waals surface area contributed by atoms with Crippen LogP contribution in [0, 0.1) is 0 Å². The number of nitrogen functional groups attached to an aromatic ring is 1. The maximum Gasteiger partial charge on any atom is 0.297 e. The first-order chi connectivity index (χ1) is 9.75. The summed E-state index contributed by atoms with van der Waals surface area (Å²) < 4.78 is 14.8. The third-order valence-corrected chi connectivity index (χ3v) is 2.53. The summed E-state index contributed by atoms with van der Waals surface area (Å²) in [4.78, 5) is 11.6. The normalized spacial score (nSPS) is 12.8. The number of anilines is 1. The van der Waals surface area contributed by atoms with Crippen LogP contribution in [0.4, 0.5) is 5.82 Å². The molecule has 0 saturated heterocycles. The fourth-order valence-electron chi connectivity index (χ4n) is 1.62. The Balaban J connectivity index is 1.71. The number of para-hydroxylation sites is 1. The molecule has 0 radical (unpaired) electrons. The second kappa shape index (κ2) is 4.88. The molecule has 1 amide bonds. The predicted molar refractivity (Wildman–Crippen MR) is 66.3 cm³/mol. The molecule has 9 nitrogen and oxygen atoms in total. The van der Waals surface area contributed by atoms with Gasteiger partial charge in [0.1, 0.15) is 0 Å². The van der Waals surface area contributed by atoms with Crippen LogP contribution in [0.2, 0.25) is 0 Å². The second-order valence-corrected chi connectivity index (χ2v) is 3.78.